The summed E-state index contributed by atoms with van der Waals surface area (Å²) < 4.78 is 15.7. The van der Waals surface area contributed by atoms with Crippen molar-refractivity contribution in [3.8, 4) is 0 Å². The number of aryl methyl sites for hydroxylation is 1. The van der Waals surface area contributed by atoms with Gasteiger partial charge >= 0.3 is 0 Å². The van der Waals surface area contributed by atoms with E-state index in [-0.39, 0.29) is 0 Å². The van der Waals surface area contributed by atoms with E-state index in [1.165, 1.54) is 5.56 Å². The largest absolute Gasteiger partial charge is 0.386 e. The van der Waals surface area contributed by atoms with Crippen molar-refractivity contribution in [2.75, 3.05) is 40.1 Å². The number of rotatable bonds is 11. The first-order valence-electron chi connectivity index (χ1n) is 7.19. The molecular weight excluding hydrogens is 256 g/mol. The van der Waals surface area contributed by atoms with Gasteiger partial charge in [0.1, 0.15) is 6.10 Å². The summed E-state index contributed by atoms with van der Waals surface area (Å²) in [6, 6.07) is 8.01. The van der Waals surface area contributed by atoms with Gasteiger partial charge < -0.3 is 19.3 Å². The number of aliphatic hydroxyl groups excluding tert-OH is 1. The summed E-state index contributed by atoms with van der Waals surface area (Å²) in [5, 5.41) is 9.98. The Hall–Kier alpha value is -0.940. The third-order valence-corrected chi connectivity index (χ3v) is 3.06. The number of benzene rings is 1. The second-order valence-electron chi connectivity index (χ2n) is 4.64. The average Bonchev–Trinajstić information content (AvgIpc) is 2.50. The van der Waals surface area contributed by atoms with Crippen molar-refractivity contribution in [2.24, 2.45) is 0 Å². The molecule has 0 amide bonds. The van der Waals surface area contributed by atoms with Gasteiger partial charge in [0.05, 0.1) is 19.8 Å². The van der Waals surface area contributed by atoms with E-state index in [1.54, 1.807) is 7.11 Å². The van der Waals surface area contributed by atoms with Crippen LogP contribution in [0.15, 0.2) is 24.3 Å². The molecule has 0 spiro atoms. The topological polar surface area (TPSA) is 47.9 Å². The Morgan fingerprint density at radius 1 is 1.00 bits per heavy atom. The minimum atomic E-state index is -0.560. The maximum atomic E-state index is 9.98. The molecule has 1 N–H and O–H groups in total. The Morgan fingerprint density at radius 2 is 1.70 bits per heavy atom. The van der Waals surface area contributed by atoms with Crippen molar-refractivity contribution in [2.45, 2.75) is 25.9 Å². The Bertz CT molecular complexity index is 337. The molecular formula is C16H26O4. The van der Waals surface area contributed by atoms with Crippen molar-refractivity contribution < 1.29 is 19.3 Å². The second-order valence-corrected chi connectivity index (χ2v) is 4.64. The van der Waals surface area contributed by atoms with Crippen LogP contribution in [0.25, 0.3) is 0 Å². The van der Waals surface area contributed by atoms with Crippen molar-refractivity contribution in [3.63, 3.8) is 0 Å². The molecule has 0 aliphatic heterocycles. The highest BCUT2D eigenvalue weighted by molar-refractivity contribution is 5.24. The summed E-state index contributed by atoms with van der Waals surface area (Å²) in [6.07, 6.45) is 1.27. The van der Waals surface area contributed by atoms with Gasteiger partial charge in [-0.3, -0.25) is 0 Å². The van der Waals surface area contributed by atoms with E-state index in [4.69, 9.17) is 14.2 Å². The van der Waals surface area contributed by atoms with Gasteiger partial charge in [-0.05, 0) is 24.0 Å². The maximum absolute atomic E-state index is 9.98. The van der Waals surface area contributed by atoms with E-state index in [0.717, 1.165) is 18.4 Å². The zero-order valence-corrected chi connectivity index (χ0v) is 12.5. The average molecular weight is 282 g/mol. The van der Waals surface area contributed by atoms with Crippen LogP contribution in [0.1, 0.15) is 30.6 Å². The molecule has 0 heterocycles. The molecule has 0 aliphatic rings. The van der Waals surface area contributed by atoms with Gasteiger partial charge in [-0.25, -0.2) is 0 Å². The van der Waals surface area contributed by atoms with Crippen molar-refractivity contribution >= 4 is 0 Å². The molecule has 0 radical (unpaired) electrons. The minimum Gasteiger partial charge on any atom is -0.386 e. The van der Waals surface area contributed by atoms with Crippen molar-refractivity contribution in [1.82, 2.24) is 0 Å². The van der Waals surface area contributed by atoms with E-state index in [1.807, 2.05) is 24.3 Å². The fourth-order valence-electron chi connectivity index (χ4n) is 1.77. The van der Waals surface area contributed by atoms with E-state index in [2.05, 4.69) is 6.92 Å². The monoisotopic (exact) mass is 282 g/mol. The quantitative estimate of drug-likeness (QED) is 0.633. The summed E-state index contributed by atoms with van der Waals surface area (Å²) >= 11 is 0. The third-order valence-electron chi connectivity index (χ3n) is 3.06. The first-order valence-corrected chi connectivity index (χ1v) is 7.19. The third kappa shape index (κ3) is 7.01. The van der Waals surface area contributed by atoms with E-state index < -0.39 is 6.10 Å². The molecule has 1 unspecified atom stereocenters. The zero-order valence-electron chi connectivity index (χ0n) is 12.5. The Kier molecular flexibility index (Phi) is 9.24. The lowest BCUT2D eigenvalue weighted by molar-refractivity contribution is 0.0182. The Labute approximate surface area is 121 Å². The first kappa shape index (κ1) is 17.1. The summed E-state index contributed by atoms with van der Waals surface area (Å²) in [7, 11) is 1.65. The van der Waals surface area contributed by atoms with Crippen LogP contribution in [0.5, 0.6) is 0 Å². The molecule has 114 valence electrons. The van der Waals surface area contributed by atoms with Gasteiger partial charge in [-0.15, -0.1) is 0 Å². The predicted octanol–water partition coefficient (Wildman–Crippen LogP) is 2.35. The molecule has 4 heteroatoms. The molecule has 0 aromatic heterocycles. The normalized spacial score (nSPS) is 12.6. The Morgan fingerprint density at radius 3 is 2.35 bits per heavy atom. The highest BCUT2D eigenvalue weighted by Crippen LogP contribution is 2.14. The van der Waals surface area contributed by atoms with Crippen molar-refractivity contribution in [3.05, 3.63) is 35.4 Å². The van der Waals surface area contributed by atoms with Crippen LogP contribution in [0.2, 0.25) is 0 Å². The first-order chi connectivity index (χ1) is 9.77. The van der Waals surface area contributed by atoms with Crippen LogP contribution in [0.4, 0.5) is 0 Å². The van der Waals surface area contributed by atoms with Crippen LogP contribution in [-0.4, -0.2) is 45.3 Å². The number of hydrogen-bond donors (Lipinski definition) is 1. The number of ether oxygens (including phenoxy) is 3. The summed E-state index contributed by atoms with van der Waals surface area (Å²) in [5.41, 5.74) is 2.17. The molecule has 1 aromatic rings. The van der Waals surface area contributed by atoms with Gasteiger partial charge in [0.15, 0.2) is 0 Å². The lowest BCUT2D eigenvalue weighted by atomic mass is 10.1. The summed E-state index contributed by atoms with van der Waals surface area (Å²) in [4.78, 5) is 0. The number of hydrogen-bond acceptors (Lipinski definition) is 4. The lowest BCUT2D eigenvalue weighted by Crippen LogP contribution is -2.10. The fourth-order valence-corrected chi connectivity index (χ4v) is 1.77. The molecule has 1 aromatic carbocycles. The Balaban J connectivity index is 2.08. The summed E-state index contributed by atoms with van der Waals surface area (Å²) in [5.74, 6) is 0. The molecule has 0 fully saturated rings. The molecule has 0 saturated carbocycles. The van der Waals surface area contributed by atoms with Gasteiger partial charge in [0, 0.05) is 20.3 Å². The van der Waals surface area contributed by atoms with Gasteiger partial charge in [0.25, 0.3) is 0 Å². The highest BCUT2D eigenvalue weighted by Gasteiger charge is 2.07. The van der Waals surface area contributed by atoms with Gasteiger partial charge in [-0.2, -0.15) is 0 Å². The van der Waals surface area contributed by atoms with Crippen molar-refractivity contribution in [1.29, 1.82) is 0 Å². The summed E-state index contributed by atoms with van der Waals surface area (Å²) in [6.45, 7) is 4.92. The van der Waals surface area contributed by atoms with Crippen LogP contribution in [-0.2, 0) is 20.6 Å². The number of aliphatic hydroxyl groups is 1. The standard InChI is InChI=1S/C16H26O4/c1-3-14-5-7-15(8-6-14)16(17)13-20-10-4-9-19-12-11-18-2/h5-8,16-17H,3-4,9-13H2,1-2H3. The molecule has 20 heavy (non-hydrogen) atoms. The number of methoxy groups -OCH3 is 1. The maximum Gasteiger partial charge on any atom is 0.102 e. The van der Waals surface area contributed by atoms with E-state index >= 15 is 0 Å². The molecule has 4 nitrogen and oxygen atoms in total. The molecule has 1 rings (SSSR count). The zero-order chi connectivity index (χ0) is 14.6. The van der Waals surface area contributed by atoms with E-state index in [9.17, 15) is 5.11 Å². The van der Waals surface area contributed by atoms with Crippen LogP contribution < -0.4 is 0 Å². The molecule has 0 bridgehead atoms. The second kappa shape index (κ2) is 10.8. The smallest absolute Gasteiger partial charge is 0.102 e. The molecule has 0 saturated heterocycles. The SMILES string of the molecule is CCc1ccc(C(O)COCCCOCCOC)cc1. The fraction of sp³-hybridized carbons (Fsp3) is 0.625. The van der Waals surface area contributed by atoms with Gasteiger partial charge in [-0.1, -0.05) is 31.2 Å². The predicted molar refractivity (Wildman–Crippen MR) is 78.9 cm³/mol. The van der Waals surface area contributed by atoms with Crippen LogP contribution in [0.3, 0.4) is 0 Å². The van der Waals surface area contributed by atoms with E-state index in [0.29, 0.717) is 33.0 Å². The molecule has 1 atom stereocenters. The lowest BCUT2D eigenvalue weighted by Gasteiger charge is -2.12. The highest BCUT2D eigenvalue weighted by atomic mass is 16.5. The van der Waals surface area contributed by atoms with Gasteiger partial charge in [0.2, 0.25) is 0 Å². The van der Waals surface area contributed by atoms with Crippen LogP contribution >= 0.6 is 0 Å². The minimum absolute atomic E-state index is 0.323. The molecule has 0 aliphatic carbocycles. The van der Waals surface area contributed by atoms with Crippen LogP contribution in [0, 0.1) is 0 Å².